The number of thioether (sulfide) groups is 1. The van der Waals surface area contributed by atoms with Crippen molar-refractivity contribution in [2.45, 2.75) is 74.6 Å². The standard InChI is InChI=1S/C24H31FN6O4S/c1-3-8-36-24-27-22(26-16-10-14(16)13-5-4-12(2)15(25)9-13)19-23(28-24)31(30-29-19)17-11-18(35-7-6-32)21(34)20(17)33/h4-5,9,14,16-18,20-21,32-34H,3,6-8,10-11H2,1-2H3,(H,26,27,28)/t14-,16+,17+,18-,20-,21+/m0/s1/i4D,5D,8D2,9D. The van der Waals surface area contributed by atoms with Crippen molar-refractivity contribution in [3.63, 3.8) is 0 Å². The van der Waals surface area contributed by atoms with E-state index in [0.717, 1.165) is 11.8 Å². The van der Waals surface area contributed by atoms with Crippen LogP contribution in [0.25, 0.3) is 11.2 Å². The Labute approximate surface area is 219 Å². The van der Waals surface area contributed by atoms with Gasteiger partial charge in [0.1, 0.15) is 18.0 Å². The van der Waals surface area contributed by atoms with E-state index >= 15 is 0 Å². The Balaban J connectivity index is 1.50. The summed E-state index contributed by atoms with van der Waals surface area (Å²) < 4.78 is 62.4. The van der Waals surface area contributed by atoms with Crippen LogP contribution in [0, 0.1) is 12.7 Å². The topological polar surface area (TPSA) is 138 Å². The van der Waals surface area contributed by atoms with Gasteiger partial charge in [0, 0.05) is 26.8 Å². The van der Waals surface area contributed by atoms with Gasteiger partial charge in [-0.2, -0.15) is 0 Å². The van der Waals surface area contributed by atoms with Gasteiger partial charge in [-0.05, 0) is 36.9 Å². The third kappa shape index (κ3) is 4.92. The van der Waals surface area contributed by atoms with Crippen LogP contribution in [-0.2, 0) is 4.74 Å². The van der Waals surface area contributed by atoms with E-state index in [9.17, 15) is 14.6 Å². The van der Waals surface area contributed by atoms with Gasteiger partial charge < -0.3 is 25.4 Å². The molecule has 0 aliphatic heterocycles. The third-order valence-electron chi connectivity index (χ3n) is 6.39. The molecule has 2 aliphatic rings. The molecule has 12 heteroatoms. The maximum Gasteiger partial charge on any atom is 0.191 e. The van der Waals surface area contributed by atoms with Gasteiger partial charge in [0.15, 0.2) is 22.1 Å². The van der Waals surface area contributed by atoms with Crippen LogP contribution in [0.2, 0.25) is 0 Å². The van der Waals surface area contributed by atoms with Crippen molar-refractivity contribution in [2.24, 2.45) is 0 Å². The molecule has 0 spiro atoms. The first-order valence-corrected chi connectivity index (χ1v) is 12.6. The van der Waals surface area contributed by atoms with Crippen molar-refractivity contribution in [1.29, 1.82) is 0 Å². The monoisotopic (exact) mass is 523 g/mol. The Hall–Kier alpha value is -2.38. The average molecular weight is 524 g/mol. The summed E-state index contributed by atoms with van der Waals surface area (Å²) in [5.74, 6) is -1.04. The Bertz CT molecular complexity index is 1440. The number of aliphatic hydroxyl groups is 3. The van der Waals surface area contributed by atoms with Gasteiger partial charge in [-0.15, -0.1) is 5.10 Å². The van der Waals surface area contributed by atoms with E-state index < -0.39 is 47.8 Å². The highest BCUT2D eigenvalue weighted by Gasteiger charge is 2.45. The SMILES string of the molecule is [2H]c1c([2H])c([C@@H]2C[C@H]2Nc2nc(SC([2H])([2H])CC)nc3c2nnn3[C@@H]2C[C@H](OCCO)[C@@H](O)[C@H]2O)c([2H])c(F)c1C. The van der Waals surface area contributed by atoms with E-state index in [1.165, 1.54) is 11.6 Å². The van der Waals surface area contributed by atoms with Crippen molar-refractivity contribution < 1.29 is 31.3 Å². The number of fused-ring (bicyclic) bond motifs is 1. The summed E-state index contributed by atoms with van der Waals surface area (Å²) in [5, 5.41) is 42.0. The summed E-state index contributed by atoms with van der Waals surface area (Å²) in [5.41, 5.74) is -1.20. The van der Waals surface area contributed by atoms with Gasteiger partial charge in [-0.1, -0.05) is 36.0 Å². The van der Waals surface area contributed by atoms with Crippen LogP contribution in [0.5, 0.6) is 0 Å². The zero-order chi connectivity index (χ0) is 29.8. The number of halogens is 1. The van der Waals surface area contributed by atoms with Crippen LogP contribution in [0.1, 0.15) is 56.1 Å². The van der Waals surface area contributed by atoms with E-state index in [1.807, 2.05) is 0 Å². The minimum atomic E-state index is -1.69. The van der Waals surface area contributed by atoms with Gasteiger partial charge in [0.2, 0.25) is 0 Å². The molecule has 2 heterocycles. The number of aliphatic hydroxyl groups excluding tert-OH is 3. The molecule has 10 nitrogen and oxygen atoms in total. The fourth-order valence-electron chi connectivity index (χ4n) is 4.39. The maximum atomic E-state index is 14.6. The van der Waals surface area contributed by atoms with Gasteiger partial charge in [-0.3, -0.25) is 0 Å². The van der Waals surface area contributed by atoms with E-state index in [-0.39, 0.29) is 77.4 Å². The van der Waals surface area contributed by atoms with Crippen LogP contribution in [0.3, 0.4) is 0 Å². The van der Waals surface area contributed by atoms with Crippen LogP contribution in [0.4, 0.5) is 10.2 Å². The minimum Gasteiger partial charge on any atom is -0.394 e. The maximum absolute atomic E-state index is 14.6. The molecule has 2 aromatic heterocycles. The van der Waals surface area contributed by atoms with Crippen LogP contribution >= 0.6 is 11.8 Å². The van der Waals surface area contributed by atoms with Gasteiger partial charge in [-0.25, -0.2) is 19.0 Å². The first-order chi connectivity index (χ1) is 19.4. The van der Waals surface area contributed by atoms with Crippen molar-refractivity contribution in [1.82, 2.24) is 25.0 Å². The van der Waals surface area contributed by atoms with E-state index in [2.05, 4.69) is 25.6 Å². The lowest BCUT2D eigenvalue weighted by Gasteiger charge is -2.17. The third-order valence-corrected chi connectivity index (χ3v) is 7.19. The highest BCUT2D eigenvalue weighted by atomic mass is 32.2. The Morgan fingerprint density at radius 3 is 2.92 bits per heavy atom. The smallest absolute Gasteiger partial charge is 0.191 e. The second kappa shape index (κ2) is 10.5. The van der Waals surface area contributed by atoms with Gasteiger partial charge in [0.05, 0.1) is 29.5 Å². The van der Waals surface area contributed by atoms with Gasteiger partial charge >= 0.3 is 0 Å². The molecule has 2 saturated carbocycles. The molecule has 0 radical (unpaired) electrons. The van der Waals surface area contributed by atoms with Crippen LogP contribution in [-0.4, -0.2) is 83.6 Å². The summed E-state index contributed by atoms with van der Waals surface area (Å²) in [6.07, 6.45) is -2.50. The Morgan fingerprint density at radius 2 is 2.14 bits per heavy atom. The minimum absolute atomic E-state index is 0.0163. The fourth-order valence-corrected chi connectivity index (χ4v) is 4.93. The molecule has 5 rings (SSSR count). The number of aromatic nitrogens is 5. The molecule has 194 valence electrons. The molecule has 0 unspecified atom stereocenters. The number of hydrogen-bond donors (Lipinski definition) is 4. The van der Waals surface area contributed by atoms with Crippen LogP contribution < -0.4 is 5.32 Å². The highest BCUT2D eigenvalue weighted by Crippen LogP contribution is 2.44. The lowest BCUT2D eigenvalue weighted by atomic mass is 10.1. The summed E-state index contributed by atoms with van der Waals surface area (Å²) in [6.45, 7) is 2.79. The molecule has 0 saturated heterocycles. The molecular weight excluding hydrogens is 487 g/mol. The summed E-state index contributed by atoms with van der Waals surface area (Å²) in [7, 11) is 0. The van der Waals surface area contributed by atoms with E-state index in [0.29, 0.717) is 6.42 Å². The van der Waals surface area contributed by atoms with E-state index in [1.54, 1.807) is 6.92 Å². The number of hydrogen-bond acceptors (Lipinski definition) is 10. The predicted octanol–water partition coefficient (Wildman–Crippen LogP) is 2.18. The molecule has 4 N–H and O–H groups in total. The molecule has 3 aromatic rings. The summed E-state index contributed by atoms with van der Waals surface area (Å²) in [6, 6.07) is -2.01. The number of anilines is 1. The Kier molecular flexibility index (Phi) is 5.77. The highest BCUT2D eigenvalue weighted by molar-refractivity contribution is 7.99. The lowest BCUT2D eigenvalue weighted by molar-refractivity contribution is -0.0629. The van der Waals surface area contributed by atoms with Crippen molar-refractivity contribution in [3.05, 3.63) is 35.1 Å². The number of nitrogens with zero attached hydrogens (tertiary/aromatic N) is 5. The zero-order valence-electron chi connectivity index (χ0n) is 24.8. The molecular formula is C24H31FN6O4S. The normalized spacial score (nSPS) is 30.0. The second-order valence-corrected chi connectivity index (χ2v) is 9.76. The number of ether oxygens (including phenoxy) is 1. The summed E-state index contributed by atoms with van der Waals surface area (Å²) >= 11 is 0.801. The predicted molar refractivity (Wildman–Crippen MR) is 133 cm³/mol. The van der Waals surface area contributed by atoms with Crippen LogP contribution in [0.15, 0.2) is 23.3 Å². The fraction of sp³-hybridized carbons (Fsp3) is 0.583. The Morgan fingerprint density at radius 1 is 1.31 bits per heavy atom. The van der Waals surface area contributed by atoms with Crippen molar-refractivity contribution >= 4 is 28.7 Å². The van der Waals surface area contributed by atoms with E-state index in [4.69, 9.17) is 16.7 Å². The quantitative estimate of drug-likeness (QED) is 0.231. The second-order valence-electron chi connectivity index (χ2n) is 8.90. The lowest BCUT2D eigenvalue weighted by Crippen LogP contribution is -2.33. The molecule has 0 amide bonds. The zero-order valence-corrected chi connectivity index (χ0v) is 20.6. The molecule has 2 fully saturated rings. The molecule has 36 heavy (non-hydrogen) atoms. The van der Waals surface area contributed by atoms with Gasteiger partial charge in [0.25, 0.3) is 0 Å². The number of nitrogens with one attached hydrogen (secondary N) is 1. The number of rotatable bonds is 10. The summed E-state index contributed by atoms with van der Waals surface area (Å²) in [4.78, 5) is 8.97. The molecule has 2 aliphatic carbocycles. The molecule has 1 aromatic carbocycles. The first-order valence-electron chi connectivity index (χ1n) is 14.3. The number of benzene rings is 1. The average Bonchev–Trinajstić information content (AvgIpc) is 3.45. The molecule has 0 bridgehead atoms. The first kappa shape index (κ1) is 19.7. The largest absolute Gasteiger partial charge is 0.394 e. The van der Waals surface area contributed by atoms with Crippen molar-refractivity contribution in [3.8, 4) is 0 Å². The molecule has 6 atom stereocenters. The van der Waals surface area contributed by atoms with Crippen molar-refractivity contribution in [2.75, 3.05) is 24.2 Å².